The van der Waals surface area contributed by atoms with E-state index < -0.39 is 5.76 Å². The van der Waals surface area contributed by atoms with Crippen molar-refractivity contribution in [2.45, 2.75) is 13.5 Å². The fraction of sp³-hybridized carbons (Fsp3) is 0.222. The molecule has 72 valence electrons. The van der Waals surface area contributed by atoms with Crippen molar-refractivity contribution < 1.29 is 9.21 Å². The van der Waals surface area contributed by atoms with Crippen LogP contribution >= 0.6 is 0 Å². The maximum absolute atomic E-state index is 11.3. The summed E-state index contributed by atoms with van der Waals surface area (Å²) >= 11 is 0. The molecule has 2 aromatic heterocycles. The monoisotopic (exact) mass is 192 g/mol. The lowest BCUT2D eigenvalue weighted by atomic mass is 10.4. The van der Waals surface area contributed by atoms with E-state index >= 15 is 0 Å². The SMILES string of the molecule is CC(=O)Cn1c(=O)oc2cccnc21. The first kappa shape index (κ1) is 8.68. The number of carbonyl (C=O) groups is 1. The van der Waals surface area contributed by atoms with E-state index in [9.17, 15) is 9.59 Å². The Balaban J connectivity index is 2.68. The highest BCUT2D eigenvalue weighted by atomic mass is 16.4. The number of Topliss-reactive ketones (excluding diaryl/α,β-unsaturated/α-hetero) is 1. The average Bonchev–Trinajstić information content (AvgIpc) is 2.43. The number of ketones is 1. The van der Waals surface area contributed by atoms with Crippen LogP contribution in [0.4, 0.5) is 0 Å². The first-order chi connectivity index (χ1) is 6.68. The first-order valence-corrected chi connectivity index (χ1v) is 4.12. The number of pyridine rings is 1. The lowest BCUT2D eigenvalue weighted by molar-refractivity contribution is -0.117. The highest BCUT2D eigenvalue weighted by molar-refractivity contribution is 5.77. The third kappa shape index (κ3) is 1.32. The highest BCUT2D eigenvalue weighted by Gasteiger charge is 2.10. The quantitative estimate of drug-likeness (QED) is 0.698. The fourth-order valence-corrected chi connectivity index (χ4v) is 1.26. The van der Waals surface area contributed by atoms with Gasteiger partial charge in [-0.2, -0.15) is 0 Å². The van der Waals surface area contributed by atoms with Gasteiger partial charge in [-0.15, -0.1) is 0 Å². The van der Waals surface area contributed by atoms with Crippen LogP contribution in [0.1, 0.15) is 6.92 Å². The Labute approximate surface area is 79.0 Å². The summed E-state index contributed by atoms with van der Waals surface area (Å²) < 4.78 is 6.11. The van der Waals surface area contributed by atoms with Gasteiger partial charge in [-0.1, -0.05) is 0 Å². The standard InChI is InChI=1S/C9H8N2O3/c1-6(12)5-11-8-7(14-9(11)13)3-2-4-10-8/h2-4H,5H2,1H3. The molecule has 0 saturated carbocycles. The number of aromatic nitrogens is 2. The molecular formula is C9H8N2O3. The zero-order valence-corrected chi connectivity index (χ0v) is 7.56. The molecule has 0 atom stereocenters. The molecule has 0 saturated heterocycles. The number of rotatable bonds is 2. The van der Waals surface area contributed by atoms with Gasteiger partial charge in [0.05, 0.1) is 6.54 Å². The topological polar surface area (TPSA) is 65.1 Å². The molecule has 0 aliphatic heterocycles. The van der Waals surface area contributed by atoms with Crippen molar-refractivity contribution in [2.24, 2.45) is 0 Å². The molecule has 5 nitrogen and oxygen atoms in total. The summed E-state index contributed by atoms with van der Waals surface area (Å²) in [6, 6.07) is 3.31. The van der Waals surface area contributed by atoms with Crippen molar-refractivity contribution in [3.05, 3.63) is 28.9 Å². The molecule has 0 unspecified atom stereocenters. The van der Waals surface area contributed by atoms with Crippen molar-refractivity contribution in [2.75, 3.05) is 0 Å². The van der Waals surface area contributed by atoms with Crippen molar-refractivity contribution >= 4 is 17.0 Å². The molecular weight excluding hydrogens is 184 g/mol. The first-order valence-electron chi connectivity index (χ1n) is 4.12. The summed E-state index contributed by atoms with van der Waals surface area (Å²) in [6.45, 7) is 1.41. The van der Waals surface area contributed by atoms with E-state index in [-0.39, 0.29) is 12.3 Å². The van der Waals surface area contributed by atoms with Gasteiger partial charge in [0.25, 0.3) is 0 Å². The van der Waals surface area contributed by atoms with Crippen molar-refractivity contribution in [1.29, 1.82) is 0 Å². The van der Waals surface area contributed by atoms with Gasteiger partial charge in [0.2, 0.25) is 0 Å². The van der Waals surface area contributed by atoms with Gasteiger partial charge < -0.3 is 4.42 Å². The summed E-state index contributed by atoms with van der Waals surface area (Å²) in [6.07, 6.45) is 1.55. The summed E-state index contributed by atoms with van der Waals surface area (Å²) in [4.78, 5) is 26.1. The van der Waals surface area contributed by atoms with E-state index in [2.05, 4.69) is 4.98 Å². The average molecular weight is 192 g/mol. The summed E-state index contributed by atoms with van der Waals surface area (Å²) in [5.74, 6) is -0.658. The molecule has 0 amide bonds. The van der Waals surface area contributed by atoms with Crippen LogP contribution in [0.3, 0.4) is 0 Å². The Morgan fingerprint density at radius 1 is 1.64 bits per heavy atom. The zero-order valence-electron chi connectivity index (χ0n) is 7.56. The Bertz CT molecular complexity index is 538. The molecule has 0 bridgehead atoms. The Hall–Kier alpha value is -1.91. The molecule has 2 heterocycles. The number of carbonyl (C=O) groups excluding carboxylic acids is 1. The van der Waals surface area contributed by atoms with Crippen LogP contribution < -0.4 is 5.76 Å². The Morgan fingerprint density at radius 2 is 2.43 bits per heavy atom. The number of hydrogen-bond donors (Lipinski definition) is 0. The van der Waals surface area contributed by atoms with E-state index in [1.54, 1.807) is 18.3 Å². The molecule has 0 fully saturated rings. The van der Waals surface area contributed by atoms with E-state index in [1.165, 1.54) is 11.5 Å². The van der Waals surface area contributed by atoms with Crippen LogP contribution in [0.2, 0.25) is 0 Å². The molecule has 14 heavy (non-hydrogen) atoms. The van der Waals surface area contributed by atoms with Crippen molar-refractivity contribution in [1.82, 2.24) is 9.55 Å². The van der Waals surface area contributed by atoms with Gasteiger partial charge in [-0.25, -0.2) is 9.78 Å². The maximum atomic E-state index is 11.3. The minimum absolute atomic E-state index is 0.00282. The van der Waals surface area contributed by atoms with E-state index in [0.29, 0.717) is 11.2 Å². The van der Waals surface area contributed by atoms with Gasteiger partial charge in [0.15, 0.2) is 11.2 Å². The van der Waals surface area contributed by atoms with Gasteiger partial charge in [0.1, 0.15) is 5.78 Å². The third-order valence-corrected chi connectivity index (χ3v) is 1.80. The van der Waals surface area contributed by atoms with Crippen LogP contribution in [0, 0.1) is 0 Å². The fourth-order valence-electron chi connectivity index (χ4n) is 1.26. The largest absolute Gasteiger partial charge is 0.421 e. The van der Waals surface area contributed by atoms with Crippen molar-refractivity contribution in [3.8, 4) is 0 Å². The van der Waals surface area contributed by atoms with Crippen LogP contribution in [-0.2, 0) is 11.3 Å². The smallest absolute Gasteiger partial charge is 0.406 e. The molecule has 0 radical (unpaired) electrons. The molecule has 5 heteroatoms. The third-order valence-electron chi connectivity index (χ3n) is 1.80. The molecule has 2 rings (SSSR count). The van der Waals surface area contributed by atoms with Crippen LogP contribution in [0.15, 0.2) is 27.5 Å². The predicted molar refractivity (Wildman–Crippen MR) is 49.0 cm³/mol. The van der Waals surface area contributed by atoms with Gasteiger partial charge >= 0.3 is 5.76 Å². The zero-order chi connectivity index (χ0) is 10.1. The van der Waals surface area contributed by atoms with Crippen LogP contribution in [-0.4, -0.2) is 15.3 Å². The summed E-state index contributed by atoms with van der Waals surface area (Å²) in [5.41, 5.74) is 0.812. The molecule has 0 aliphatic rings. The second-order valence-electron chi connectivity index (χ2n) is 2.98. The lowest BCUT2D eigenvalue weighted by Crippen LogP contribution is -2.18. The molecule has 0 aromatic carbocycles. The second-order valence-corrected chi connectivity index (χ2v) is 2.98. The number of oxazole rings is 1. The maximum Gasteiger partial charge on any atom is 0.421 e. The second kappa shape index (κ2) is 3.10. The summed E-state index contributed by atoms with van der Waals surface area (Å²) in [7, 11) is 0. The van der Waals surface area contributed by atoms with Crippen LogP contribution in [0.25, 0.3) is 11.2 Å². The Morgan fingerprint density at radius 3 is 3.14 bits per heavy atom. The number of nitrogens with zero attached hydrogens (tertiary/aromatic N) is 2. The molecule has 0 N–H and O–H groups in total. The molecule has 0 spiro atoms. The normalized spacial score (nSPS) is 10.6. The lowest BCUT2D eigenvalue weighted by Gasteiger charge is -1.95. The minimum Gasteiger partial charge on any atom is -0.406 e. The highest BCUT2D eigenvalue weighted by Crippen LogP contribution is 2.07. The van der Waals surface area contributed by atoms with Crippen LogP contribution in [0.5, 0.6) is 0 Å². The predicted octanol–water partition coefficient (Wildman–Crippen LogP) is 0.578. The Kier molecular flexibility index (Phi) is 1.92. The van der Waals surface area contributed by atoms with E-state index in [0.717, 1.165) is 0 Å². The number of hydrogen-bond acceptors (Lipinski definition) is 4. The minimum atomic E-state index is -0.547. The number of fused-ring (bicyclic) bond motifs is 1. The van der Waals surface area contributed by atoms with Crippen molar-refractivity contribution in [3.63, 3.8) is 0 Å². The molecule has 2 aromatic rings. The summed E-state index contributed by atoms with van der Waals surface area (Å²) in [5, 5.41) is 0. The van der Waals surface area contributed by atoms with E-state index in [1.807, 2.05) is 0 Å². The van der Waals surface area contributed by atoms with Gasteiger partial charge in [-0.3, -0.25) is 9.36 Å². The molecule has 0 aliphatic carbocycles. The van der Waals surface area contributed by atoms with E-state index in [4.69, 9.17) is 4.42 Å². The van der Waals surface area contributed by atoms with Gasteiger partial charge in [0, 0.05) is 6.20 Å². The van der Waals surface area contributed by atoms with Gasteiger partial charge in [-0.05, 0) is 19.1 Å².